The van der Waals surface area contributed by atoms with Crippen LogP contribution in [0.1, 0.15) is 22.8 Å². The highest BCUT2D eigenvalue weighted by molar-refractivity contribution is 6.35. The number of halogens is 2. The molecule has 3 rings (SSSR count). The number of nitrogens with zero attached hydrogens (tertiary/aromatic N) is 1. The Balaban J connectivity index is 1.99. The third-order valence-electron chi connectivity index (χ3n) is 3.83. The van der Waals surface area contributed by atoms with Crippen LogP contribution >= 0.6 is 23.2 Å². The lowest BCUT2D eigenvalue weighted by molar-refractivity contribution is 0.0527. The summed E-state index contributed by atoms with van der Waals surface area (Å²) < 4.78 is 7.13. The van der Waals surface area contributed by atoms with E-state index in [1.165, 1.54) is 0 Å². The van der Waals surface area contributed by atoms with Crippen LogP contribution in [0.25, 0.3) is 11.1 Å². The number of rotatable bonds is 5. The summed E-state index contributed by atoms with van der Waals surface area (Å²) in [5.41, 5.74) is 3.27. The average molecular weight is 374 g/mol. The Morgan fingerprint density at radius 2 is 1.84 bits per heavy atom. The molecule has 0 aliphatic heterocycles. The van der Waals surface area contributed by atoms with Crippen LogP contribution in [0.3, 0.4) is 0 Å². The van der Waals surface area contributed by atoms with Crippen LogP contribution in [0.15, 0.2) is 60.9 Å². The van der Waals surface area contributed by atoms with E-state index in [0.29, 0.717) is 28.8 Å². The van der Waals surface area contributed by atoms with Crippen molar-refractivity contribution >= 4 is 29.2 Å². The summed E-state index contributed by atoms with van der Waals surface area (Å²) in [4.78, 5) is 12.3. The fourth-order valence-corrected chi connectivity index (χ4v) is 3.13. The van der Waals surface area contributed by atoms with Crippen LogP contribution in [0.4, 0.5) is 0 Å². The molecule has 0 unspecified atom stereocenters. The minimum absolute atomic E-state index is 0.331. The standard InChI is InChI=1S/C20H17Cl2NO2/c1-2-25-20(24)18-13-23(11-15-8-9-16(21)10-19(15)22)12-17(18)14-6-4-3-5-7-14/h3-10,12-13H,2,11H2,1H3. The zero-order chi connectivity index (χ0) is 17.8. The number of ether oxygens (including phenoxy) is 1. The molecule has 3 aromatic rings. The molecule has 0 bridgehead atoms. The van der Waals surface area contributed by atoms with E-state index in [1.807, 2.05) is 47.2 Å². The molecule has 0 atom stereocenters. The smallest absolute Gasteiger partial charge is 0.340 e. The van der Waals surface area contributed by atoms with Gasteiger partial charge in [-0.1, -0.05) is 59.6 Å². The van der Waals surface area contributed by atoms with Crippen LogP contribution in [-0.2, 0) is 11.3 Å². The van der Waals surface area contributed by atoms with Crippen molar-refractivity contribution in [2.75, 3.05) is 6.61 Å². The van der Waals surface area contributed by atoms with Gasteiger partial charge in [0.2, 0.25) is 0 Å². The van der Waals surface area contributed by atoms with Crippen molar-refractivity contribution in [1.29, 1.82) is 0 Å². The number of hydrogen-bond donors (Lipinski definition) is 0. The number of hydrogen-bond acceptors (Lipinski definition) is 2. The van der Waals surface area contributed by atoms with E-state index >= 15 is 0 Å². The lowest BCUT2D eigenvalue weighted by atomic mass is 10.1. The number of carbonyl (C=O) groups excluding carboxylic acids is 1. The topological polar surface area (TPSA) is 31.2 Å². The minimum Gasteiger partial charge on any atom is -0.462 e. The molecule has 0 fully saturated rings. The fourth-order valence-electron chi connectivity index (χ4n) is 2.67. The highest BCUT2D eigenvalue weighted by Gasteiger charge is 2.17. The van der Waals surface area contributed by atoms with Crippen LogP contribution in [0.2, 0.25) is 10.0 Å². The van der Waals surface area contributed by atoms with E-state index in [4.69, 9.17) is 27.9 Å². The predicted octanol–water partition coefficient (Wildman–Crippen LogP) is 5.69. The maximum Gasteiger partial charge on any atom is 0.340 e. The van der Waals surface area contributed by atoms with Crippen LogP contribution in [-0.4, -0.2) is 17.1 Å². The van der Waals surface area contributed by atoms with Gasteiger partial charge in [0, 0.05) is 34.5 Å². The van der Waals surface area contributed by atoms with E-state index in [9.17, 15) is 4.79 Å². The number of aromatic nitrogens is 1. The van der Waals surface area contributed by atoms with E-state index in [1.54, 1.807) is 25.3 Å². The summed E-state index contributed by atoms with van der Waals surface area (Å²) in [6.07, 6.45) is 3.73. The molecule has 0 aliphatic rings. The zero-order valence-electron chi connectivity index (χ0n) is 13.7. The van der Waals surface area contributed by atoms with Crippen molar-refractivity contribution in [1.82, 2.24) is 4.57 Å². The van der Waals surface area contributed by atoms with Crippen molar-refractivity contribution in [3.05, 3.63) is 82.1 Å². The maximum absolute atomic E-state index is 12.3. The van der Waals surface area contributed by atoms with Crippen LogP contribution in [0, 0.1) is 0 Å². The minimum atomic E-state index is -0.331. The van der Waals surface area contributed by atoms with Crippen molar-refractivity contribution in [2.24, 2.45) is 0 Å². The van der Waals surface area contributed by atoms with Gasteiger partial charge in [-0.15, -0.1) is 0 Å². The summed E-state index contributed by atoms with van der Waals surface area (Å²) in [7, 11) is 0. The first kappa shape index (κ1) is 17.6. The van der Waals surface area contributed by atoms with Crippen molar-refractivity contribution in [3.8, 4) is 11.1 Å². The lowest BCUT2D eigenvalue weighted by Gasteiger charge is -2.06. The summed E-state index contributed by atoms with van der Waals surface area (Å²) in [6.45, 7) is 2.67. The fraction of sp³-hybridized carbons (Fsp3) is 0.150. The molecule has 2 aromatic carbocycles. The second kappa shape index (κ2) is 7.77. The van der Waals surface area contributed by atoms with Gasteiger partial charge in [-0.25, -0.2) is 4.79 Å². The monoisotopic (exact) mass is 373 g/mol. The second-order valence-electron chi connectivity index (χ2n) is 5.58. The van der Waals surface area contributed by atoms with Gasteiger partial charge in [0.15, 0.2) is 0 Å². The third-order valence-corrected chi connectivity index (χ3v) is 4.42. The molecule has 3 nitrogen and oxygen atoms in total. The molecule has 0 aliphatic carbocycles. The Bertz CT molecular complexity index is 888. The Morgan fingerprint density at radius 1 is 1.08 bits per heavy atom. The zero-order valence-corrected chi connectivity index (χ0v) is 15.2. The van der Waals surface area contributed by atoms with Gasteiger partial charge in [-0.3, -0.25) is 0 Å². The summed E-state index contributed by atoms with van der Waals surface area (Å²) >= 11 is 12.2. The Morgan fingerprint density at radius 3 is 2.52 bits per heavy atom. The SMILES string of the molecule is CCOC(=O)c1cn(Cc2ccc(Cl)cc2Cl)cc1-c1ccccc1. The molecule has 0 spiro atoms. The van der Waals surface area contributed by atoms with Gasteiger partial charge in [0.05, 0.1) is 12.2 Å². The molecule has 0 saturated heterocycles. The number of esters is 1. The summed E-state index contributed by atoms with van der Waals surface area (Å²) in [5, 5.41) is 1.19. The lowest BCUT2D eigenvalue weighted by Crippen LogP contribution is -2.05. The van der Waals surface area contributed by atoms with Gasteiger partial charge in [-0.2, -0.15) is 0 Å². The van der Waals surface area contributed by atoms with E-state index < -0.39 is 0 Å². The Kier molecular flexibility index (Phi) is 5.47. The molecule has 0 N–H and O–H groups in total. The van der Waals surface area contributed by atoms with Gasteiger partial charge in [0.25, 0.3) is 0 Å². The highest BCUT2D eigenvalue weighted by Crippen LogP contribution is 2.27. The van der Waals surface area contributed by atoms with E-state index in [-0.39, 0.29) is 5.97 Å². The molecule has 1 aromatic heterocycles. The molecule has 128 valence electrons. The number of benzene rings is 2. The van der Waals surface area contributed by atoms with E-state index in [0.717, 1.165) is 16.7 Å². The van der Waals surface area contributed by atoms with Gasteiger partial charge in [0.1, 0.15) is 0 Å². The first-order valence-electron chi connectivity index (χ1n) is 7.94. The largest absolute Gasteiger partial charge is 0.462 e. The molecular weight excluding hydrogens is 357 g/mol. The molecule has 25 heavy (non-hydrogen) atoms. The molecule has 5 heteroatoms. The predicted molar refractivity (Wildman–Crippen MR) is 101 cm³/mol. The molecule has 0 amide bonds. The average Bonchev–Trinajstić information content (AvgIpc) is 3.02. The molecule has 0 saturated carbocycles. The Hall–Kier alpha value is -2.23. The van der Waals surface area contributed by atoms with Crippen LogP contribution in [0.5, 0.6) is 0 Å². The van der Waals surface area contributed by atoms with Crippen molar-refractivity contribution in [3.63, 3.8) is 0 Å². The Labute approximate surface area is 156 Å². The van der Waals surface area contributed by atoms with Gasteiger partial charge in [-0.05, 0) is 30.2 Å². The third kappa shape index (κ3) is 4.06. The van der Waals surface area contributed by atoms with E-state index in [2.05, 4.69) is 0 Å². The first-order valence-corrected chi connectivity index (χ1v) is 8.70. The quantitative estimate of drug-likeness (QED) is 0.538. The normalized spacial score (nSPS) is 10.7. The van der Waals surface area contributed by atoms with Crippen molar-refractivity contribution < 1.29 is 9.53 Å². The summed E-state index contributed by atoms with van der Waals surface area (Å²) in [5.74, 6) is -0.331. The first-order chi connectivity index (χ1) is 12.1. The van der Waals surface area contributed by atoms with Gasteiger partial charge < -0.3 is 9.30 Å². The second-order valence-corrected chi connectivity index (χ2v) is 6.42. The van der Waals surface area contributed by atoms with Crippen molar-refractivity contribution in [2.45, 2.75) is 13.5 Å². The molecular formula is C20H17Cl2NO2. The molecule has 0 radical (unpaired) electrons. The maximum atomic E-state index is 12.3. The van der Waals surface area contributed by atoms with Gasteiger partial charge >= 0.3 is 5.97 Å². The van der Waals surface area contributed by atoms with Crippen LogP contribution < -0.4 is 0 Å². The summed E-state index contributed by atoms with van der Waals surface area (Å²) in [6, 6.07) is 15.2. The molecule has 1 heterocycles. The number of carbonyl (C=O) groups is 1. The highest BCUT2D eigenvalue weighted by atomic mass is 35.5.